The van der Waals surface area contributed by atoms with Crippen molar-refractivity contribution in [2.75, 3.05) is 6.54 Å². The number of carboxylic acids is 1. The molecule has 0 saturated heterocycles. The Morgan fingerprint density at radius 2 is 1.72 bits per heavy atom. The molecule has 3 atom stereocenters. The Kier molecular flexibility index (Phi) is 10.2. The lowest BCUT2D eigenvalue weighted by molar-refractivity contribution is -0.142. The van der Waals surface area contributed by atoms with Crippen LogP contribution in [0.5, 0.6) is 0 Å². The molecule has 0 heterocycles. The van der Waals surface area contributed by atoms with Gasteiger partial charge in [-0.25, -0.2) is 4.79 Å². The molecular formula is C19H30N6O4. The highest BCUT2D eigenvalue weighted by atomic mass is 16.4. The fraction of sp³-hybridized carbons (Fsp3) is 0.474. The normalized spacial score (nSPS) is 13.6. The Hall–Kier alpha value is -3.14. The lowest BCUT2D eigenvalue weighted by Crippen LogP contribution is -2.54. The van der Waals surface area contributed by atoms with Crippen LogP contribution in [0.25, 0.3) is 0 Å². The van der Waals surface area contributed by atoms with Gasteiger partial charge >= 0.3 is 5.97 Å². The predicted octanol–water partition coefficient (Wildman–Crippen LogP) is -0.716. The molecule has 1 aromatic carbocycles. The molecule has 0 aliphatic carbocycles. The molecule has 0 saturated carbocycles. The minimum Gasteiger partial charge on any atom is -0.480 e. The van der Waals surface area contributed by atoms with Crippen molar-refractivity contribution in [1.82, 2.24) is 16.0 Å². The summed E-state index contributed by atoms with van der Waals surface area (Å²) in [7, 11) is 0. The van der Waals surface area contributed by atoms with Crippen molar-refractivity contribution in [3.05, 3.63) is 35.9 Å². The van der Waals surface area contributed by atoms with Gasteiger partial charge in [0.25, 0.3) is 0 Å². The Morgan fingerprint density at radius 3 is 2.28 bits per heavy atom. The standard InChI is InChI=1S/C19H30N6O4/c1-2-13(20)16(26)24-14(9-6-10-23-19(21)22)17(27)25-15(18(28)29)11-12-7-4-3-5-8-12/h3-5,7-8,13-15H,2,6,9-11,20H2,1H3,(H,24,26)(H,25,27)(H,28,29)(H4,21,22,23)/t13-,14-,15+/m0/s1. The average molecular weight is 406 g/mol. The number of nitrogens with one attached hydrogen (secondary N) is 4. The van der Waals surface area contributed by atoms with Crippen LogP contribution in [0.4, 0.5) is 0 Å². The van der Waals surface area contributed by atoms with Crippen LogP contribution in [0.2, 0.25) is 0 Å². The lowest BCUT2D eigenvalue weighted by atomic mass is 10.0. The zero-order chi connectivity index (χ0) is 21.8. The molecule has 0 fully saturated rings. The molecule has 0 aliphatic heterocycles. The minimum atomic E-state index is -1.17. The van der Waals surface area contributed by atoms with Crippen molar-refractivity contribution in [2.45, 2.75) is 50.7 Å². The van der Waals surface area contributed by atoms with Crippen molar-refractivity contribution >= 4 is 23.7 Å². The maximum atomic E-state index is 12.7. The summed E-state index contributed by atoms with van der Waals surface area (Å²) in [4.78, 5) is 36.4. The summed E-state index contributed by atoms with van der Waals surface area (Å²) < 4.78 is 0. The van der Waals surface area contributed by atoms with Gasteiger partial charge < -0.3 is 32.5 Å². The number of nitrogens with two attached hydrogens (primary N) is 2. The third kappa shape index (κ3) is 9.06. The second-order valence-electron chi connectivity index (χ2n) is 6.65. The van der Waals surface area contributed by atoms with Crippen LogP contribution in [0.15, 0.2) is 30.3 Å². The first kappa shape index (κ1) is 23.9. The van der Waals surface area contributed by atoms with Crippen molar-refractivity contribution < 1.29 is 19.5 Å². The van der Waals surface area contributed by atoms with Gasteiger partial charge in [-0.05, 0) is 24.8 Å². The van der Waals surface area contributed by atoms with Gasteiger partial charge in [0.2, 0.25) is 11.8 Å². The van der Waals surface area contributed by atoms with Gasteiger partial charge in [0, 0.05) is 13.0 Å². The van der Waals surface area contributed by atoms with E-state index in [0.717, 1.165) is 5.56 Å². The summed E-state index contributed by atoms with van der Waals surface area (Å²) in [6, 6.07) is 6.08. The Labute approximate surface area is 169 Å². The van der Waals surface area contributed by atoms with E-state index < -0.39 is 35.9 Å². The molecule has 0 aliphatic rings. The number of hydrogen-bond donors (Lipinski definition) is 7. The second-order valence-corrected chi connectivity index (χ2v) is 6.65. The number of amides is 2. The number of benzene rings is 1. The third-order valence-corrected chi connectivity index (χ3v) is 4.29. The molecule has 0 unspecified atom stereocenters. The van der Waals surface area contributed by atoms with Gasteiger partial charge in [0.15, 0.2) is 5.96 Å². The fourth-order valence-corrected chi connectivity index (χ4v) is 2.58. The molecule has 10 nitrogen and oxygen atoms in total. The fourth-order valence-electron chi connectivity index (χ4n) is 2.58. The maximum absolute atomic E-state index is 12.7. The summed E-state index contributed by atoms with van der Waals surface area (Å²) >= 11 is 0. The van der Waals surface area contributed by atoms with Crippen molar-refractivity contribution in [2.24, 2.45) is 11.5 Å². The Balaban J connectivity index is 2.81. The highest BCUT2D eigenvalue weighted by molar-refractivity contribution is 5.91. The summed E-state index contributed by atoms with van der Waals surface area (Å²) in [5.74, 6) is -2.46. The SMILES string of the molecule is CC[C@H](N)C(=O)N[C@@H](CCCNC(=N)N)C(=O)N[C@H](Cc1ccccc1)C(=O)O. The monoisotopic (exact) mass is 406 g/mol. The van der Waals surface area contributed by atoms with E-state index in [1.54, 1.807) is 31.2 Å². The van der Waals surface area contributed by atoms with E-state index in [1.165, 1.54) is 0 Å². The maximum Gasteiger partial charge on any atom is 0.326 e. The molecule has 10 heteroatoms. The van der Waals surface area contributed by atoms with Gasteiger partial charge in [0.1, 0.15) is 12.1 Å². The summed E-state index contributed by atoms with van der Waals surface area (Å²) in [6.07, 6.45) is 1.17. The first-order chi connectivity index (χ1) is 13.7. The number of guanidine groups is 1. The molecule has 0 radical (unpaired) electrons. The smallest absolute Gasteiger partial charge is 0.326 e. The molecule has 0 spiro atoms. The van der Waals surface area contributed by atoms with Gasteiger partial charge in [-0.1, -0.05) is 37.3 Å². The summed E-state index contributed by atoms with van der Waals surface area (Å²) in [6.45, 7) is 2.08. The Morgan fingerprint density at radius 1 is 1.10 bits per heavy atom. The largest absolute Gasteiger partial charge is 0.480 e. The van der Waals surface area contributed by atoms with E-state index >= 15 is 0 Å². The van der Waals surface area contributed by atoms with E-state index in [0.29, 0.717) is 19.4 Å². The van der Waals surface area contributed by atoms with E-state index in [-0.39, 0.29) is 18.8 Å². The van der Waals surface area contributed by atoms with Gasteiger partial charge in [-0.2, -0.15) is 0 Å². The lowest BCUT2D eigenvalue weighted by Gasteiger charge is -2.23. The van der Waals surface area contributed by atoms with Gasteiger partial charge in [-0.15, -0.1) is 0 Å². The van der Waals surface area contributed by atoms with Crippen molar-refractivity contribution in [3.8, 4) is 0 Å². The van der Waals surface area contributed by atoms with Crippen LogP contribution in [0.1, 0.15) is 31.7 Å². The van der Waals surface area contributed by atoms with E-state index in [4.69, 9.17) is 16.9 Å². The van der Waals surface area contributed by atoms with E-state index in [9.17, 15) is 19.5 Å². The van der Waals surface area contributed by atoms with Gasteiger partial charge in [0.05, 0.1) is 6.04 Å². The first-order valence-corrected chi connectivity index (χ1v) is 9.45. The molecule has 9 N–H and O–H groups in total. The second kappa shape index (κ2) is 12.3. The van der Waals surface area contributed by atoms with E-state index in [1.807, 2.05) is 6.07 Å². The molecule has 1 rings (SSSR count). The first-order valence-electron chi connectivity index (χ1n) is 9.45. The molecule has 2 amide bonds. The van der Waals surface area contributed by atoms with Gasteiger partial charge in [-0.3, -0.25) is 15.0 Å². The molecular weight excluding hydrogens is 376 g/mol. The number of carbonyl (C=O) groups is 3. The Bertz CT molecular complexity index is 697. The topological polar surface area (TPSA) is 183 Å². The zero-order valence-corrected chi connectivity index (χ0v) is 16.5. The number of carboxylic acid groups (broad SMARTS) is 1. The van der Waals surface area contributed by atoms with Crippen LogP contribution in [-0.2, 0) is 20.8 Å². The average Bonchev–Trinajstić information content (AvgIpc) is 2.69. The summed E-state index contributed by atoms with van der Waals surface area (Å²) in [5, 5.41) is 24.3. The van der Waals surface area contributed by atoms with Crippen LogP contribution < -0.4 is 27.4 Å². The van der Waals surface area contributed by atoms with Crippen LogP contribution >= 0.6 is 0 Å². The highest BCUT2D eigenvalue weighted by Crippen LogP contribution is 2.06. The van der Waals surface area contributed by atoms with Crippen LogP contribution in [0.3, 0.4) is 0 Å². The zero-order valence-electron chi connectivity index (χ0n) is 16.5. The molecule has 160 valence electrons. The predicted molar refractivity (Wildman–Crippen MR) is 109 cm³/mol. The number of rotatable bonds is 12. The number of aliphatic carboxylic acids is 1. The number of carbonyl (C=O) groups excluding carboxylic acids is 2. The van der Waals surface area contributed by atoms with Crippen LogP contribution in [0, 0.1) is 5.41 Å². The third-order valence-electron chi connectivity index (χ3n) is 4.29. The summed E-state index contributed by atoms with van der Waals surface area (Å²) in [5.41, 5.74) is 11.7. The molecule has 0 aromatic heterocycles. The number of hydrogen-bond acceptors (Lipinski definition) is 5. The molecule has 0 bridgehead atoms. The highest BCUT2D eigenvalue weighted by Gasteiger charge is 2.27. The molecule has 1 aromatic rings. The minimum absolute atomic E-state index is 0.114. The van der Waals surface area contributed by atoms with Crippen molar-refractivity contribution in [3.63, 3.8) is 0 Å². The quantitative estimate of drug-likeness (QED) is 0.136. The molecule has 29 heavy (non-hydrogen) atoms. The van der Waals surface area contributed by atoms with E-state index in [2.05, 4.69) is 16.0 Å². The van der Waals surface area contributed by atoms with Crippen LogP contribution in [-0.4, -0.2) is 53.5 Å². The van der Waals surface area contributed by atoms with Crippen molar-refractivity contribution in [1.29, 1.82) is 5.41 Å².